The first kappa shape index (κ1) is 21.6. The van der Waals surface area contributed by atoms with E-state index in [1.807, 2.05) is 16.9 Å². The van der Waals surface area contributed by atoms with Crippen LogP contribution in [-0.2, 0) is 27.5 Å². The van der Waals surface area contributed by atoms with Crippen LogP contribution in [-0.4, -0.2) is 44.0 Å². The van der Waals surface area contributed by atoms with Crippen molar-refractivity contribution in [2.75, 3.05) is 18.2 Å². The van der Waals surface area contributed by atoms with Crippen LogP contribution in [0.15, 0.2) is 35.3 Å². The van der Waals surface area contributed by atoms with E-state index in [0.29, 0.717) is 24.0 Å². The minimum absolute atomic E-state index is 0.181. The highest BCUT2D eigenvalue weighted by atomic mass is 32.2. The van der Waals surface area contributed by atoms with Gasteiger partial charge in [-0.3, -0.25) is 4.79 Å². The average molecular weight is 445 g/mol. The fraction of sp³-hybridized carbons (Fsp3) is 0.400. The molecule has 2 aliphatic rings. The minimum atomic E-state index is -3.71. The number of benzene rings is 1. The number of fused-ring (bicyclic) bond motifs is 1. The van der Waals surface area contributed by atoms with Gasteiger partial charge in [-0.1, -0.05) is 12.1 Å². The van der Waals surface area contributed by atoms with Crippen molar-refractivity contribution >= 4 is 28.9 Å². The molecule has 0 spiro atoms. The van der Waals surface area contributed by atoms with Crippen LogP contribution in [0.4, 0.5) is 10.5 Å². The molecule has 1 aromatic heterocycles. The van der Waals surface area contributed by atoms with E-state index in [2.05, 4.69) is 5.32 Å². The van der Waals surface area contributed by atoms with Crippen molar-refractivity contribution in [3.8, 4) is 11.1 Å². The number of hydrogen-bond donors (Lipinski definition) is 3. The average Bonchev–Trinajstić information content (AvgIpc) is 3.17. The summed E-state index contributed by atoms with van der Waals surface area (Å²) in [5.74, 6) is 0. The maximum Gasteiger partial charge on any atom is 0.454 e. The zero-order chi connectivity index (χ0) is 22.2. The number of sulfonamides is 1. The second kappa shape index (κ2) is 8.48. The lowest BCUT2D eigenvalue weighted by Crippen LogP contribution is -2.35. The lowest BCUT2D eigenvalue weighted by molar-refractivity contribution is 0.178. The molecule has 2 amide bonds. The van der Waals surface area contributed by atoms with Gasteiger partial charge in [-0.2, -0.15) is 0 Å². The van der Waals surface area contributed by atoms with Crippen LogP contribution in [0.3, 0.4) is 0 Å². The number of urea groups is 1. The van der Waals surface area contributed by atoms with E-state index in [1.165, 1.54) is 6.07 Å². The molecule has 31 heavy (non-hydrogen) atoms. The molecule has 1 unspecified atom stereocenters. The van der Waals surface area contributed by atoms with E-state index in [-0.39, 0.29) is 18.2 Å². The Morgan fingerprint density at radius 2 is 2.06 bits per heavy atom. The molecule has 9 nitrogen and oxygen atoms in total. The predicted octanol–water partition coefficient (Wildman–Crippen LogP) is 1.53. The fourth-order valence-corrected chi connectivity index (χ4v) is 4.64. The molecule has 0 bridgehead atoms. The zero-order valence-corrected chi connectivity index (χ0v) is 17.9. The second-order valence-corrected chi connectivity index (χ2v) is 9.74. The van der Waals surface area contributed by atoms with Gasteiger partial charge in [0.2, 0.25) is 10.0 Å². The van der Waals surface area contributed by atoms with E-state index in [9.17, 15) is 23.0 Å². The summed E-state index contributed by atoms with van der Waals surface area (Å²) in [6, 6.07) is 6.02. The predicted molar refractivity (Wildman–Crippen MR) is 118 cm³/mol. The normalized spacial score (nSPS) is 18.5. The molecule has 0 radical (unpaired) electrons. The van der Waals surface area contributed by atoms with Gasteiger partial charge >= 0.3 is 13.1 Å². The number of carbonyl (C=O) groups is 1. The number of amides is 2. The third kappa shape index (κ3) is 4.84. The summed E-state index contributed by atoms with van der Waals surface area (Å²) in [7, 11) is -4.52. The second-order valence-electron chi connectivity index (χ2n) is 7.99. The van der Waals surface area contributed by atoms with Crippen LogP contribution in [0.25, 0.3) is 11.1 Å². The molecule has 3 N–H and O–H groups in total. The summed E-state index contributed by atoms with van der Waals surface area (Å²) < 4.78 is 31.8. The standard InChI is InChI=1S/C20H24BN3O6S/c1-31(28,29)23-20(26)22-19-16-4-2-3-13(16)5-7-17(19)14-6-8-18(25)24(11-14)15-9-10-21(27)30-12-15/h5-8,11,15,27H,2-4,9-10,12H2,1H3,(H2,22,23,26). The molecule has 2 heterocycles. The molecule has 11 heteroatoms. The van der Waals surface area contributed by atoms with Gasteiger partial charge in [-0.05, 0) is 49.2 Å². The van der Waals surface area contributed by atoms with Crippen molar-refractivity contribution in [2.45, 2.75) is 38.0 Å². The van der Waals surface area contributed by atoms with Gasteiger partial charge in [0.05, 0.1) is 24.6 Å². The molecule has 4 rings (SSSR count). The molecule has 164 valence electrons. The van der Waals surface area contributed by atoms with E-state index in [0.717, 1.165) is 42.2 Å². The van der Waals surface area contributed by atoms with Crippen LogP contribution >= 0.6 is 0 Å². The van der Waals surface area contributed by atoms with Crippen LogP contribution in [0, 0.1) is 0 Å². The Labute approximate surface area is 180 Å². The quantitative estimate of drug-likeness (QED) is 0.613. The molecule has 1 aliphatic heterocycles. The SMILES string of the molecule is CS(=O)(=O)NC(=O)Nc1c(-c2ccc(=O)n(C3CCB(O)OC3)c2)ccc2c1CCC2. The summed E-state index contributed by atoms with van der Waals surface area (Å²) in [6.07, 6.45) is 6.30. The summed E-state index contributed by atoms with van der Waals surface area (Å²) in [5, 5.41) is 12.3. The van der Waals surface area contributed by atoms with Gasteiger partial charge in [-0.25, -0.2) is 17.9 Å². The van der Waals surface area contributed by atoms with Gasteiger partial charge in [0.25, 0.3) is 5.56 Å². The molecule has 2 aromatic rings. The van der Waals surface area contributed by atoms with E-state index < -0.39 is 23.2 Å². The Balaban J connectivity index is 1.73. The van der Waals surface area contributed by atoms with E-state index in [4.69, 9.17) is 4.65 Å². The van der Waals surface area contributed by atoms with Crippen molar-refractivity contribution in [3.05, 3.63) is 51.9 Å². The van der Waals surface area contributed by atoms with Crippen molar-refractivity contribution in [1.29, 1.82) is 0 Å². The number of carbonyl (C=O) groups excluding carboxylic acids is 1. The highest BCUT2D eigenvalue weighted by Crippen LogP contribution is 2.37. The Hall–Kier alpha value is -2.63. The van der Waals surface area contributed by atoms with Gasteiger partial charge in [0.1, 0.15) is 0 Å². The lowest BCUT2D eigenvalue weighted by atomic mass is 9.79. The van der Waals surface area contributed by atoms with Crippen LogP contribution in [0.2, 0.25) is 6.32 Å². The third-order valence-electron chi connectivity index (χ3n) is 5.67. The van der Waals surface area contributed by atoms with Gasteiger partial charge in [-0.15, -0.1) is 0 Å². The lowest BCUT2D eigenvalue weighted by Gasteiger charge is -2.26. The number of aromatic nitrogens is 1. The van der Waals surface area contributed by atoms with Crippen molar-refractivity contribution in [3.63, 3.8) is 0 Å². The van der Waals surface area contributed by atoms with Crippen LogP contribution in [0.1, 0.15) is 30.0 Å². The Kier molecular flexibility index (Phi) is 5.91. The number of nitrogens with zero attached hydrogens (tertiary/aromatic N) is 1. The molecule has 1 aliphatic carbocycles. The topological polar surface area (TPSA) is 127 Å². The van der Waals surface area contributed by atoms with Crippen LogP contribution < -0.4 is 15.6 Å². The minimum Gasteiger partial charge on any atom is -0.427 e. The monoisotopic (exact) mass is 445 g/mol. The number of nitrogens with one attached hydrogen (secondary N) is 2. The first-order chi connectivity index (χ1) is 14.7. The highest BCUT2D eigenvalue weighted by molar-refractivity contribution is 7.89. The number of anilines is 1. The molecule has 1 atom stereocenters. The number of pyridine rings is 1. The van der Waals surface area contributed by atoms with E-state index >= 15 is 0 Å². The maximum atomic E-state index is 12.5. The summed E-state index contributed by atoms with van der Waals surface area (Å²) in [4.78, 5) is 24.8. The Morgan fingerprint density at radius 1 is 1.26 bits per heavy atom. The van der Waals surface area contributed by atoms with Crippen molar-refractivity contribution in [1.82, 2.24) is 9.29 Å². The van der Waals surface area contributed by atoms with Gasteiger partial charge in [0, 0.05) is 23.4 Å². The number of rotatable bonds is 4. The Bertz CT molecular complexity index is 1170. The van der Waals surface area contributed by atoms with Crippen LogP contribution in [0.5, 0.6) is 0 Å². The van der Waals surface area contributed by atoms with Crippen molar-refractivity contribution < 1.29 is 22.9 Å². The number of aryl methyl sites for hydroxylation is 1. The summed E-state index contributed by atoms with van der Waals surface area (Å²) in [5.41, 5.74) is 3.88. The summed E-state index contributed by atoms with van der Waals surface area (Å²) >= 11 is 0. The largest absolute Gasteiger partial charge is 0.454 e. The number of hydrogen-bond acceptors (Lipinski definition) is 6. The molecule has 1 aromatic carbocycles. The molecule has 1 fully saturated rings. The smallest absolute Gasteiger partial charge is 0.427 e. The maximum absolute atomic E-state index is 12.5. The first-order valence-electron chi connectivity index (χ1n) is 10.2. The third-order valence-corrected chi connectivity index (χ3v) is 6.23. The molecular weight excluding hydrogens is 421 g/mol. The highest BCUT2D eigenvalue weighted by Gasteiger charge is 2.27. The summed E-state index contributed by atoms with van der Waals surface area (Å²) in [6.45, 7) is 0.233. The van der Waals surface area contributed by atoms with Gasteiger partial charge in [0.15, 0.2) is 0 Å². The van der Waals surface area contributed by atoms with Crippen molar-refractivity contribution in [2.24, 2.45) is 0 Å². The first-order valence-corrected chi connectivity index (χ1v) is 12.1. The van der Waals surface area contributed by atoms with Gasteiger partial charge < -0.3 is 19.6 Å². The zero-order valence-electron chi connectivity index (χ0n) is 17.1. The molecular formula is C20H24BN3O6S. The van der Waals surface area contributed by atoms with E-state index in [1.54, 1.807) is 16.8 Å². The molecule has 1 saturated heterocycles. The molecule has 0 saturated carbocycles. The fourth-order valence-electron chi connectivity index (χ4n) is 4.25. The Morgan fingerprint density at radius 3 is 2.77 bits per heavy atom.